The van der Waals surface area contributed by atoms with Crippen LogP contribution < -0.4 is 9.47 Å². The van der Waals surface area contributed by atoms with E-state index in [0.717, 1.165) is 62.2 Å². The molecule has 0 atom stereocenters. The van der Waals surface area contributed by atoms with E-state index in [0.29, 0.717) is 46.5 Å². The Morgan fingerprint density at radius 3 is 2.59 bits per heavy atom. The molecule has 3 heterocycles. The van der Waals surface area contributed by atoms with E-state index in [1.54, 1.807) is 6.33 Å². The Kier molecular flexibility index (Phi) is 6.02. The minimum absolute atomic E-state index is 0.0995. The first kappa shape index (κ1) is 24.8. The van der Waals surface area contributed by atoms with Crippen molar-refractivity contribution in [3.8, 4) is 23.0 Å². The smallest absolute Gasteiger partial charge is 0.245 e. The fourth-order valence-electron chi connectivity index (χ4n) is 5.94. The maximum absolute atomic E-state index is 9.61. The van der Waals surface area contributed by atoms with Gasteiger partial charge in [-0.05, 0) is 56.4 Å². The quantitative estimate of drug-likeness (QED) is 0.318. The SMILES string of the molecule is CC1(Oc2ncnc3c2nc(-c2ccc(OCCN4CC5(CC(O)C5)C4)cc2Cl)n3Cc2ccccc2)CC1. The molecule has 3 aliphatic rings. The van der Waals surface area contributed by atoms with E-state index in [1.807, 2.05) is 36.4 Å². The molecule has 1 N–H and O–H groups in total. The van der Waals surface area contributed by atoms with Gasteiger partial charge < -0.3 is 19.1 Å². The fraction of sp³-hybridized carbons (Fsp3) is 0.433. The van der Waals surface area contributed by atoms with Gasteiger partial charge in [0.1, 0.15) is 30.1 Å². The second kappa shape index (κ2) is 9.47. The number of ether oxygens (including phenoxy) is 2. The number of aliphatic hydroxyl groups is 1. The van der Waals surface area contributed by atoms with Crippen LogP contribution in [0.4, 0.5) is 0 Å². The molecule has 1 saturated heterocycles. The first-order valence-electron chi connectivity index (χ1n) is 13.7. The molecule has 7 rings (SSSR count). The second-order valence-corrected chi connectivity index (χ2v) is 12.1. The highest BCUT2D eigenvalue weighted by molar-refractivity contribution is 6.33. The Morgan fingerprint density at radius 1 is 1.08 bits per heavy atom. The molecule has 202 valence electrons. The van der Waals surface area contributed by atoms with Crippen LogP contribution in [0.1, 0.15) is 38.2 Å². The molecule has 0 unspecified atom stereocenters. The number of aliphatic hydroxyl groups excluding tert-OH is 1. The minimum Gasteiger partial charge on any atom is -0.492 e. The molecule has 0 radical (unpaired) electrons. The van der Waals surface area contributed by atoms with Gasteiger partial charge in [0.15, 0.2) is 11.2 Å². The monoisotopic (exact) mass is 545 g/mol. The van der Waals surface area contributed by atoms with Gasteiger partial charge in [0, 0.05) is 30.6 Å². The van der Waals surface area contributed by atoms with Gasteiger partial charge in [-0.25, -0.2) is 9.97 Å². The Hall–Kier alpha value is -3.20. The lowest BCUT2D eigenvalue weighted by molar-refractivity contribution is -0.129. The number of hydrogen-bond acceptors (Lipinski definition) is 7. The Labute approximate surface area is 232 Å². The average molecular weight is 546 g/mol. The van der Waals surface area contributed by atoms with Crippen LogP contribution in [0, 0.1) is 5.41 Å². The van der Waals surface area contributed by atoms with E-state index in [4.69, 9.17) is 26.1 Å². The highest BCUT2D eigenvalue weighted by atomic mass is 35.5. The summed E-state index contributed by atoms with van der Waals surface area (Å²) in [6, 6.07) is 16.0. The summed E-state index contributed by atoms with van der Waals surface area (Å²) in [5.74, 6) is 1.95. The van der Waals surface area contributed by atoms with Crippen molar-refractivity contribution in [3.63, 3.8) is 0 Å². The summed E-state index contributed by atoms with van der Waals surface area (Å²) in [5.41, 5.74) is 3.46. The maximum Gasteiger partial charge on any atom is 0.245 e. The second-order valence-electron chi connectivity index (χ2n) is 11.7. The molecular formula is C30H32ClN5O3. The largest absolute Gasteiger partial charge is 0.492 e. The zero-order valence-electron chi connectivity index (χ0n) is 22.0. The summed E-state index contributed by atoms with van der Waals surface area (Å²) in [4.78, 5) is 16.4. The van der Waals surface area contributed by atoms with Gasteiger partial charge in [-0.2, -0.15) is 4.98 Å². The highest BCUT2D eigenvalue weighted by Gasteiger charge is 2.51. The van der Waals surface area contributed by atoms with Gasteiger partial charge in [-0.15, -0.1) is 0 Å². The van der Waals surface area contributed by atoms with Crippen molar-refractivity contribution >= 4 is 22.8 Å². The molecular weight excluding hydrogens is 514 g/mol. The number of likely N-dealkylation sites (tertiary alicyclic amines) is 1. The fourth-order valence-corrected chi connectivity index (χ4v) is 6.20. The molecule has 2 aromatic heterocycles. The molecule has 1 spiro atoms. The van der Waals surface area contributed by atoms with Crippen molar-refractivity contribution in [2.75, 3.05) is 26.2 Å². The van der Waals surface area contributed by atoms with E-state index < -0.39 is 0 Å². The van der Waals surface area contributed by atoms with Gasteiger partial charge in [0.2, 0.25) is 5.88 Å². The van der Waals surface area contributed by atoms with Crippen LogP contribution in [0.3, 0.4) is 0 Å². The normalized spacial score (nSPS) is 19.6. The summed E-state index contributed by atoms with van der Waals surface area (Å²) in [6.45, 7) is 6.25. The Morgan fingerprint density at radius 2 is 1.87 bits per heavy atom. The molecule has 4 aromatic rings. The maximum atomic E-state index is 9.61. The van der Waals surface area contributed by atoms with Crippen LogP contribution in [-0.2, 0) is 6.54 Å². The predicted octanol–water partition coefficient (Wildman–Crippen LogP) is 4.96. The summed E-state index contributed by atoms with van der Waals surface area (Å²) >= 11 is 6.85. The number of aromatic nitrogens is 4. The molecule has 2 aromatic carbocycles. The van der Waals surface area contributed by atoms with Crippen molar-refractivity contribution in [1.29, 1.82) is 0 Å². The number of benzene rings is 2. The first-order chi connectivity index (χ1) is 18.9. The predicted molar refractivity (Wildman–Crippen MR) is 149 cm³/mol. The number of nitrogens with zero attached hydrogens (tertiary/aromatic N) is 5. The van der Waals surface area contributed by atoms with Gasteiger partial charge in [-0.3, -0.25) is 4.90 Å². The van der Waals surface area contributed by atoms with Gasteiger partial charge in [0.05, 0.1) is 17.7 Å². The molecule has 0 bridgehead atoms. The summed E-state index contributed by atoms with van der Waals surface area (Å²) in [5, 5.41) is 10.2. The highest BCUT2D eigenvalue weighted by Crippen LogP contribution is 2.48. The molecule has 1 aliphatic heterocycles. The number of rotatable bonds is 9. The lowest BCUT2D eigenvalue weighted by Gasteiger charge is -2.57. The number of hydrogen-bond donors (Lipinski definition) is 1. The van der Waals surface area contributed by atoms with Crippen LogP contribution >= 0.6 is 11.6 Å². The Balaban J connectivity index is 1.13. The zero-order chi connectivity index (χ0) is 26.6. The van der Waals surface area contributed by atoms with Gasteiger partial charge in [-0.1, -0.05) is 41.9 Å². The van der Waals surface area contributed by atoms with Crippen LogP contribution in [0.25, 0.3) is 22.6 Å². The molecule has 3 fully saturated rings. The van der Waals surface area contributed by atoms with E-state index >= 15 is 0 Å². The van der Waals surface area contributed by atoms with E-state index in [9.17, 15) is 5.11 Å². The minimum atomic E-state index is -0.183. The third-order valence-corrected chi connectivity index (χ3v) is 8.60. The third-order valence-electron chi connectivity index (χ3n) is 8.29. The summed E-state index contributed by atoms with van der Waals surface area (Å²) in [6.07, 6.45) is 5.33. The molecule has 8 nitrogen and oxygen atoms in total. The van der Waals surface area contributed by atoms with Crippen molar-refractivity contribution in [3.05, 3.63) is 65.4 Å². The lowest BCUT2D eigenvalue weighted by Crippen LogP contribution is -2.64. The van der Waals surface area contributed by atoms with Crippen molar-refractivity contribution in [2.24, 2.45) is 5.41 Å². The van der Waals surface area contributed by atoms with Crippen molar-refractivity contribution in [1.82, 2.24) is 24.4 Å². The molecule has 39 heavy (non-hydrogen) atoms. The van der Waals surface area contributed by atoms with Gasteiger partial charge >= 0.3 is 0 Å². The number of halogens is 1. The van der Waals surface area contributed by atoms with Crippen LogP contribution in [-0.4, -0.2) is 67.5 Å². The molecule has 2 aliphatic carbocycles. The van der Waals surface area contributed by atoms with E-state index in [2.05, 4.69) is 38.5 Å². The zero-order valence-corrected chi connectivity index (χ0v) is 22.8. The third kappa shape index (κ3) is 4.86. The molecule has 0 amide bonds. The van der Waals surface area contributed by atoms with Crippen LogP contribution in [0.5, 0.6) is 11.6 Å². The standard InChI is InChI=1S/C30H32ClN5O3/c1-29(9-10-29)39-28-25-27(32-19-33-28)36(16-20-5-3-2-4-6-20)26(34-25)23-8-7-22(13-24(23)31)38-12-11-35-17-30(18-35)14-21(37)15-30/h2-8,13,19,21,37H,9-12,14-18H2,1H3. The number of fused-ring (bicyclic) bond motifs is 1. The number of imidazole rings is 1. The van der Waals surface area contributed by atoms with Crippen LogP contribution in [0.15, 0.2) is 54.9 Å². The first-order valence-corrected chi connectivity index (χ1v) is 14.0. The topological polar surface area (TPSA) is 85.5 Å². The van der Waals surface area contributed by atoms with Crippen molar-refractivity contribution in [2.45, 2.75) is 50.9 Å². The summed E-state index contributed by atoms with van der Waals surface area (Å²) < 4.78 is 14.4. The lowest BCUT2D eigenvalue weighted by atomic mass is 9.62. The molecule has 9 heteroatoms. The van der Waals surface area contributed by atoms with E-state index in [-0.39, 0.29) is 11.7 Å². The average Bonchev–Trinajstić information content (AvgIpc) is 3.50. The van der Waals surface area contributed by atoms with Crippen molar-refractivity contribution < 1.29 is 14.6 Å². The summed E-state index contributed by atoms with van der Waals surface area (Å²) in [7, 11) is 0. The molecule has 2 saturated carbocycles. The van der Waals surface area contributed by atoms with Gasteiger partial charge in [0.25, 0.3) is 0 Å². The Bertz CT molecular complexity index is 1510. The van der Waals surface area contributed by atoms with E-state index in [1.165, 1.54) is 0 Å². The van der Waals surface area contributed by atoms with Crippen LogP contribution in [0.2, 0.25) is 5.02 Å².